The van der Waals surface area contributed by atoms with Crippen molar-refractivity contribution in [3.8, 4) is 0 Å². The van der Waals surface area contributed by atoms with Crippen LogP contribution in [0.3, 0.4) is 0 Å². The molecule has 6 heteroatoms. The highest BCUT2D eigenvalue weighted by Gasteiger charge is 2.20. The van der Waals surface area contributed by atoms with E-state index in [4.69, 9.17) is 17.3 Å². The summed E-state index contributed by atoms with van der Waals surface area (Å²) in [5, 5.41) is 13.0. The summed E-state index contributed by atoms with van der Waals surface area (Å²) in [5.74, 6) is 0.312. The van der Waals surface area contributed by atoms with Crippen LogP contribution in [0.4, 0.5) is 5.69 Å². The van der Waals surface area contributed by atoms with Crippen molar-refractivity contribution < 1.29 is 0 Å². The highest BCUT2D eigenvalue weighted by molar-refractivity contribution is 6.69. The molecule has 0 spiro atoms. The Morgan fingerprint density at radius 1 is 1.00 bits per heavy atom. The average Bonchev–Trinajstić information content (AvgIpc) is 2.89. The Morgan fingerprint density at radius 2 is 1.73 bits per heavy atom. The maximum atomic E-state index is 5.89. The van der Waals surface area contributed by atoms with Crippen LogP contribution in [0.1, 0.15) is 5.56 Å². The van der Waals surface area contributed by atoms with Gasteiger partial charge >= 0.3 is 0 Å². The van der Waals surface area contributed by atoms with Gasteiger partial charge in [0.15, 0.2) is 11.5 Å². The van der Waals surface area contributed by atoms with Gasteiger partial charge < -0.3 is 5.73 Å². The summed E-state index contributed by atoms with van der Waals surface area (Å²) >= 11 is 5.89. The monoisotopic (exact) mass is 311 g/mol. The van der Waals surface area contributed by atoms with Gasteiger partial charge in [0.05, 0.1) is 11.4 Å². The molecule has 0 atom stereocenters. The topological polar surface area (TPSA) is 75.1 Å². The minimum Gasteiger partial charge on any atom is -0.380 e. The summed E-state index contributed by atoms with van der Waals surface area (Å²) in [6, 6.07) is 17.2. The van der Waals surface area contributed by atoms with Crippen molar-refractivity contribution in [1.82, 2.24) is 0 Å². The van der Waals surface area contributed by atoms with Gasteiger partial charge in [-0.1, -0.05) is 41.9 Å². The maximum absolute atomic E-state index is 5.89. The van der Waals surface area contributed by atoms with E-state index >= 15 is 0 Å². The lowest BCUT2D eigenvalue weighted by atomic mass is 10.1. The highest BCUT2D eigenvalue weighted by Crippen LogP contribution is 2.13. The summed E-state index contributed by atoms with van der Waals surface area (Å²) in [4.78, 5) is 0. The third kappa shape index (κ3) is 3.32. The van der Waals surface area contributed by atoms with Gasteiger partial charge in [0.2, 0.25) is 0 Å². The number of anilines is 1. The molecule has 0 amide bonds. The molecule has 0 fully saturated rings. The first-order valence-electron chi connectivity index (χ1n) is 6.76. The lowest BCUT2D eigenvalue weighted by Gasteiger charge is -2.05. The van der Waals surface area contributed by atoms with Crippen molar-refractivity contribution in [3.63, 3.8) is 0 Å². The molecule has 0 unspecified atom stereocenters. The molecule has 5 nitrogen and oxygen atoms in total. The number of para-hydroxylation sites is 1. The van der Waals surface area contributed by atoms with Crippen LogP contribution in [0.5, 0.6) is 0 Å². The fraction of sp³-hybridized carbons (Fsp3) is 0.0625. The largest absolute Gasteiger partial charge is 0.380 e. The Balaban J connectivity index is 1.75. The summed E-state index contributed by atoms with van der Waals surface area (Å²) in [6.45, 7) is 0. The molecule has 1 aliphatic rings. The van der Waals surface area contributed by atoms with Crippen LogP contribution in [0.25, 0.3) is 0 Å². The van der Waals surface area contributed by atoms with Gasteiger partial charge in [0.1, 0.15) is 0 Å². The molecule has 3 N–H and O–H groups in total. The van der Waals surface area contributed by atoms with Gasteiger partial charge in [-0.3, -0.25) is 5.43 Å². The van der Waals surface area contributed by atoms with E-state index in [1.165, 1.54) is 0 Å². The highest BCUT2D eigenvalue weighted by atomic mass is 35.5. The molecule has 0 bridgehead atoms. The lowest BCUT2D eigenvalue weighted by Crippen LogP contribution is -2.29. The van der Waals surface area contributed by atoms with Crippen LogP contribution in [0.2, 0.25) is 5.02 Å². The normalized spacial score (nSPS) is 15.6. The van der Waals surface area contributed by atoms with Gasteiger partial charge in [-0.25, -0.2) is 0 Å². The average molecular weight is 312 g/mol. The van der Waals surface area contributed by atoms with Gasteiger partial charge in [0, 0.05) is 11.4 Å². The molecule has 1 heterocycles. The number of hydrogen-bond donors (Lipinski definition) is 2. The first-order valence-corrected chi connectivity index (χ1v) is 7.14. The van der Waals surface area contributed by atoms with E-state index in [2.05, 4.69) is 20.7 Å². The van der Waals surface area contributed by atoms with Crippen molar-refractivity contribution in [1.29, 1.82) is 0 Å². The van der Waals surface area contributed by atoms with Crippen molar-refractivity contribution in [3.05, 3.63) is 65.2 Å². The minimum atomic E-state index is 0.312. The van der Waals surface area contributed by atoms with E-state index in [0.717, 1.165) is 17.0 Å². The molecule has 0 aliphatic carbocycles. The van der Waals surface area contributed by atoms with Crippen molar-refractivity contribution in [2.24, 2.45) is 21.0 Å². The Kier molecular flexibility index (Phi) is 4.16. The van der Waals surface area contributed by atoms with Crippen LogP contribution >= 0.6 is 11.6 Å². The smallest absolute Gasteiger partial charge is 0.175 e. The number of benzene rings is 2. The molecule has 0 radical (unpaired) electrons. The van der Waals surface area contributed by atoms with E-state index in [1.54, 1.807) is 0 Å². The van der Waals surface area contributed by atoms with E-state index in [1.807, 2.05) is 54.6 Å². The predicted molar refractivity (Wildman–Crippen MR) is 91.7 cm³/mol. The minimum absolute atomic E-state index is 0.312. The first kappa shape index (κ1) is 14.3. The fourth-order valence-corrected chi connectivity index (χ4v) is 2.15. The van der Waals surface area contributed by atoms with E-state index in [9.17, 15) is 0 Å². The Hall–Kier alpha value is -2.66. The molecule has 1 aliphatic heterocycles. The second-order valence-corrected chi connectivity index (χ2v) is 5.21. The van der Waals surface area contributed by atoms with Crippen molar-refractivity contribution in [2.75, 3.05) is 5.43 Å². The van der Waals surface area contributed by atoms with Crippen LogP contribution < -0.4 is 11.2 Å². The van der Waals surface area contributed by atoms with Crippen LogP contribution in [-0.2, 0) is 6.42 Å². The van der Waals surface area contributed by atoms with Gasteiger partial charge in [-0.2, -0.15) is 10.2 Å². The fourth-order valence-electron chi connectivity index (χ4n) is 2.03. The molecular formula is C16H14ClN5. The second-order valence-electron chi connectivity index (χ2n) is 4.77. The summed E-state index contributed by atoms with van der Waals surface area (Å²) in [7, 11) is 0. The SMILES string of the molecule is NC1=NN=C(Cc2ccc(Cl)cc2)/C1=N\Nc1ccccc1. The Bertz CT molecular complexity index is 748. The van der Waals surface area contributed by atoms with E-state index in [-0.39, 0.29) is 0 Å². The number of nitrogens with two attached hydrogens (primary N) is 1. The van der Waals surface area contributed by atoms with Gasteiger partial charge in [-0.05, 0) is 29.8 Å². The third-order valence-electron chi connectivity index (χ3n) is 3.15. The molecule has 0 aromatic heterocycles. The van der Waals surface area contributed by atoms with E-state index in [0.29, 0.717) is 23.0 Å². The third-order valence-corrected chi connectivity index (χ3v) is 3.40. The molecule has 2 aromatic rings. The Labute approximate surface area is 133 Å². The molecule has 0 saturated heterocycles. The van der Waals surface area contributed by atoms with Crippen molar-refractivity contribution in [2.45, 2.75) is 6.42 Å². The number of nitrogens with one attached hydrogen (secondary N) is 1. The molecule has 110 valence electrons. The Morgan fingerprint density at radius 3 is 2.45 bits per heavy atom. The molecule has 3 rings (SSSR count). The summed E-state index contributed by atoms with van der Waals surface area (Å²) in [6.07, 6.45) is 0.594. The predicted octanol–water partition coefficient (Wildman–Crippen LogP) is 3.08. The second kappa shape index (κ2) is 6.41. The van der Waals surface area contributed by atoms with E-state index < -0.39 is 0 Å². The number of nitrogens with zero attached hydrogens (tertiary/aromatic N) is 3. The molecular weight excluding hydrogens is 298 g/mol. The lowest BCUT2D eigenvalue weighted by molar-refractivity contribution is 1.22. The number of amidine groups is 1. The van der Waals surface area contributed by atoms with Gasteiger partial charge in [0.25, 0.3) is 0 Å². The van der Waals surface area contributed by atoms with Crippen LogP contribution in [0.15, 0.2) is 69.9 Å². The summed E-state index contributed by atoms with van der Waals surface area (Å²) in [5.41, 5.74) is 12.1. The maximum Gasteiger partial charge on any atom is 0.175 e. The number of rotatable bonds is 4. The van der Waals surface area contributed by atoms with Crippen LogP contribution in [0, 0.1) is 0 Å². The zero-order valence-corrected chi connectivity index (χ0v) is 12.5. The zero-order valence-electron chi connectivity index (χ0n) is 11.7. The molecule has 0 saturated carbocycles. The quantitative estimate of drug-likeness (QED) is 0.851. The van der Waals surface area contributed by atoms with Crippen molar-refractivity contribution >= 4 is 34.5 Å². The molecule has 2 aromatic carbocycles. The zero-order chi connectivity index (χ0) is 15.4. The van der Waals surface area contributed by atoms with Gasteiger partial charge in [-0.15, -0.1) is 5.10 Å². The number of hydrogen-bond acceptors (Lipinski definition) is 5. The number of halogens is 1. The first-order chi connectivity index (χ1) is 10.7. The standard InChI is InChI=1S/C16H14ClN5/c17-12-8-6-11(7-9-12)10-14-15(16(18)22-20-14)21-19-13-4-2-1-3-5-13/h1-9,19H,10H2,(H2,18,21,22). The summed E-state index contributed by atoms with van der Waals surface area (Å²) < 4.78 is 0. The number of hydrazone groups is 1. The molecule has 22 heavy (non-hydrogen) atoms. The van der Waals surface area contributed by atoms with Crippen LogP contribution in [-0.4, -0.2) is 17.3 Å².